The summed E-state index contributed by atoms with van der Waals surface area (Å²) in [4.78, 5) is 27.1. The SMILES string of the molecule is CC(C)c1ncc(Cl)c(C(=O)N2CCn3ccnc3C2)n1. The molecular formula is C14H16ClN5O. The Morgan fingerprint density at radius 2 is 2.14 bits per heavy atom. The van der Waals surface area contributed by atoms with Crippen molar-refractivity contribution in [2.24, 2.45) is 0 Å². The largest absolute Gasteiger partial charge is 0.332 e. The van der Waals surface area contributed by atoms with Crippen molar-refractivity contribution >= 4 is 17.5 Å². The Labute approximate surface area is 127 Å². The van der Waals surface area contributed by atoms with E-state index in [1.54, 1.807) is 11.1 Å². The Morgan fingerprint density at radius 1 is 1.33 bits per heavy atom. The Bertz CT molecular complexity index is 682. The van der Waals surface area contributed by atoms with Crippen molar-refractivity contribution < 1.29 is 4.79 Å². The fourth-order valence-electron chi connectivity index (χ4n) is 2.31. The summed E-state index contributed by atoms with van der Waals surface area (Å²) in [5, 5.41) is 0.290. The standard InChI is InChI=1S/C14H16ClN5O/c1-9(2)13-17-7-10(15)12(18-13)14(21)20-6-5-19-4-3-16-11(19)8-20/h3-4,7,9H,5-6,8H2,1-2H3. The number of rotatable bonds is 2. The molecule has 0 spiro atoms. The molecular weight excluding hydrogens is 290 g/mol. The fraction of sp³-hybridized carbons (Fsp3) is 0.429. The number of halogens is 1. The van der Waals surface area contributed by atoms with Gasteiger partial charge in [0.05, 0.1) is 17.8 Å². The van der Waals surface area contributed by atoms with Gasteiger partial charge in [0.1, 0.15) is 11.6 Å². The van der Waals surface area contributed by atoms with E-state index in [1.165, 1.54) is 6.20 Å². The van der Waals surface area contributed by atoms with Gasteiger partial charge in [-0.25, -0.2) is 15.0 Å². The summed E-state index contributed by atoms with van der Waals surface area (Å²) in [6, 6.07) is 0. The van der Waals surface area contributed by atoms with Crippen LogP contribution in [-0.2, 0) is 13.1 Å². The lowest BCUT2D eigenvalue weighted by atomic mass is 10.2. The van der Waals surface area contributed by atoms with E-state index in [-0.39, 0.29) is 17.5 Å². The van der Waals surface area contributed by atoms with Gasteiger partial charge in [-0.2, -0.15) is 0 Å². The molecule has 0 atom stereocenters. The summed E-state index contributed by atoms with van der Waals surface area (Å²) in [6.07, 6.45) is 5.17. The summed E-state index contributed by atoms with van der Waals surface area (Å²) in [5.74, 6) is 1.48. The van der Waals surface area contributed by atoms with Gasteiger partial charge in [-0.15, -0.1) is 0 Å². The van der Waals surface area contributed by atoms with Crippen LogP contribution in [0, 0.1) is 0 Å². The number of amides is 1. The molecule has 1 amide bonds. The zero-order chi connectivity index (χ0) is 15.0. The van der Waals surface area contributed by atoms with Gasteiger partial charge in [-0.1, -0.05) is 25.4 Å². The quantitative estimate of drug-likeness (QED) is 0.852. The van der Waals surface area contributed by atoms with Crippen molar-refractivity contribution in [1.82, 2.24) is 24.4 Å². The van der Waals surface area contributed by atoms with Crippen LogP contribution in [-0.4, -0.2) is 36.9 Å². The van der Waals surface area contributed by atoms with Gasteiger partial charge in [0.15, 0.2) is 5.69 Å². The minimum absolute atomic E-state index is 0.147. The van der Waals surface area contributed by atoms with Crippen LogP contribution in [0.1, 0.15) is 41.9 Å². The molecule has 21 heavy (non-hydrogen) atoms. The molecule has 0 fully saturated rings. The van der Waals surface area contributed by atoms with Gasteiger partial charge < -0.3 is 9.47 Å². The highest BCUT2D eigenvalue weighted by Gasteiger charge is 2.25. The van der Waals surface area contributed by atoms with Gasteiger partial charge in [0.2, 0.25) is 0 Å². The molecule has 2 aromatic heterocycles. The van der Waals surface area contributed by atoms with Crippen molar-refractivity contribution in [3.05, 3.63) is 41.0 Å². The first kappa shape index (κ1) is 14.0. The van der Waals surface area contributed by atoms with E-state index in [0.717, 1.165) is 12.4 Å². The molecule has 110 valence electrons. The number of carbonyl (C=O) groups excluding carboxylic acids is 1. The lowest BCUT2D eigenvalue weighted by molar-refractivity contribution is 0.0701. The Hall–Kier alpha value is -1.95. The number of aromatic nitrogens is 4. The molecule has 0 aliphatic carbocycles. The van der Waals surface area contributed by atoms with Crippen LogP contribution in [0.2, 0.25) is 5.02 Å². The highest BCUT2D eigenvalue weighted by Crippen LogP contribution is 2.20. The Morgan fingerprint density at radius 3 is 2.90 bits per heavy atom. The molecule has 2 aromatic rings. The van der Waals surface area contributed by atoms with E-state index in [1.807, 2.05) is 24.6 Å². The maximum atomic E-state index is 12.6. The van der Waals surface area contributed by atoms with Crippen molar-refractivity contribution in [1.29, 1.82) is 0 Å². The minimum Gasteiger partial charge on any atom is -0.332 e. The van der Waals surface area contributed by atoms with Crippen molar-refractivity contribution in [2.75, 3.05) is 6.54 Å². The number of hydrogen-bond acceptors (Lipinski definition) is 4. The summed E-state index contributed by atoms with van der Waals surface area (Å²) in [5.41, 5.74) is 0.273. The van der Waals surface area contributed by atoms with Gasteiger partial charge >= 0.3 is 0 Å². The zero-order valence-electron chi connectivity index (χ0n) is 12.0. The molecule has 6 nitrogen and oxygen atoms in total. The van der Waals surface area contributed by atoms with Crippen LogP contribution >= 0.6 is 11.6 Å². The number of imidazole rings is 1. The first-order valence-electron chi connectivity index (χ1n) is 6.88. The number of carbonyl (C=O) groups is 1. The molecule has 1 aliphatic heterocycles. The van der Waals surface area contributed by atoms with E-state index in [4.69, 9.17) is 11.6 Å². The first-order chi connectivity index (χ1) is 10.1. The molecule has 0 N–H and O–H groups in total. The number of nitrogens with zero attached hydrogens (tertiary/aromatic N) is 5. The molecule has 0 aromatic carbocycles. The topological polar surface area (TPSA) is 63.9 Å². The summed E-state index contributed by atoms with van der Waals surface area (Å²) in [6.45, 7) is 5.80. The third-order valence-electron chi connectivity index (χ3n) is 3.51. The van der Waals surface area contributed by atoms with Gasteiger partial charge in [0, 0.05) is 31.4 Å². The third-order valence-corrected chi connectivity index (χ3v) is 3.79. The van der Waals surface area contributed by atoms with Crippen molar-refractivity contribution in [2.45, 2.75) is 32.9 Å². The first-order valence-corrected chi connectivity index (χ1v) is 7.25. The smallest absolute Gasteiger partial charge is 0.274 e. The minimum atomic E-state index is -0.168. The number of hydrogen-bond donors (Lipinski definition) is 0. The summed E-state index contributed by atoms with van der Waals surface area (Å²) < 4.78 is 2.05. The molecule has 0 saturated heterocycles. The average molecular weight is 306 g/mol. The van der Waals surface area contributed by atoms with E-state index in [0.29, 0.717) is 23.9 Å². The highest BCUT2D eigenvalue weighted by atomic mass is 35.5. The fourth-order valence-corrected chi connectivity index (χ4v) is 2.48. The van der Waals surface area contributed by atoms with Crippen LogP contribution < -0.4 is 0 Å². The van der Waals surface area contributed by atoms with Gasteiger partial charge in [0.25, 0.3) is 5.91 Å². The monoisotopic (exact) mass is 305 g/mol. The second-order valence-corrected chi connectivity index (χ2v) is 5.75. The second-order valence-electron chi connectivity index (χ2n) is 5.34. The maximum absolute atomic E-state index is 12.6. The van der Waals surface area contributed by atoms with Crippen molar-refractivity contribution in [3.63, 3.8) is 0 Å². The summed E-state index contributed by atoms with van der Waals surface area (Å²) >= 11 is 6.10. The van der Waals surface area contributed by atoms with E-state index < -0.39 is 0 Å². The van der Waals surface area contributed by atoms with E-state index >= 15 is 0 Å². The molecule has 0 unspecified atom stereocenters. The van der Waals surface area contributed by atoms with E-state index in [2.05, 4.69) is 15.0 Å². The molecule has 3 rings (SSSR count). The maximum Gasteiger partial charge on any atom is 0.274 e. The van der Waals surface area contributed by atoms with Crippen molar-refractivity contribution in [3.8, 4) is 0 Å². The van der Waals surface area contributed by atoms with Crippen LogP contribution in [0.4, 0.5) is 0 Å². The zero-order valence-corrected chi connectivity index (χ0v) is 12.7. The van der Waals surface area contributed by atoms with E-state index in [9.17, 15) is 4.79 Å². The molecule has 3 heterocycles. The Kier molecular flexibility index (Phi) is 3.63. The molecule has 0 radical (unpaired) electrons. The highest BCUT2D eigenvalue weighted by molar-refractivity contribution is 6.33. The lowest BCUT2D eigenvalue weighted by Gasteiger charge is -2.27. The van der Waals surface area contributed by atoms with Crippen LogP contribution in [0.15, 0.2) is 18.6 Å². The third kappa shape index (κ3) is 2.63. The molecule has 0 bridgehead atoms. The average Bonchev–Trinajstić information content (AvgIpc) is 2.94. The number of fused-ring (bicyclic) bond motifs is 1. The van der Waals surface area contributed by atoms with Gasteiger partial charge in [-0.05, 0) is 0 Å². The second kappa shape index (κ2) is 5.44. The predicted molar refractivity (Wildman–Crippen MR) is 78.1 cm³/mol. The van der Waals surface area contributed by atoms with Crippen LogP contribution in [0.3, 0.4) is 0 Å². The summed E-state index contributed by atoms with van der Waals surface area (Å²) in [7, 11) is 0. The molecule has 0 saturated carbocycles. The Balaban J connectivity index is 1.87. The lowest BCUT2D eigenvalue weighted by Crippen LogP contribution is -2.39. The normalized spacial score (nSPS) is 14.4. The molecule has 7 heteroatoms. The predicted octanol–water partition coefficient (Wildman–Crippen LogP) is 2.11. The van der Waals surface area contributed by atoms with Crippen LogP contribution in [0.5, 0.6) is 0 Å². The van der Waals surface area contributed by atoms with Gasteiger partial charge in [-0.3, -0.25) is 4.79 Å². The molecule has 1 aliphatic rings. The van der Waals surface area contributed by atoms with Crippen LogP contribution in [0.25, 0.3) is 0 Å².